The first kappa shape index (κ1) is 16.8. The number of hydrogen-bond acceptors (Lipinski definition) is 4. The molecule has 0 aromatic carbocycles. The maximum Gasteiger partial charge on any atom is 0.336 e. The van der Waals surface area contributed by atoms with E-state index in [1.54, 1.807) is 6.08 Å². The molecule has 0 heterocycles. The van der Waals surface area contributed by atoms with Gasteiger partial charge in [-0.2, -0.15) is 0 Å². The van der Waals surface area contributed by atoms with Crippen LogP contribution in [0.15, 0.2) is 23.5 Å². The molecule has 0 bridgehead atoms. The Morgan fingerprint density at radius 2 is 1.80 bits per heavy atom. The van der Waals surface area contributed by atoms with E-state index in [4.69, 9.17) is 0 Å². The van der Waals surface area contributed by atoms with Crippen LogP contribution in [0.25, 0.3) is 0 Å². The van der Waals surface area contributed by atoms with Crippen molar-refractivity contribution in [3.05, 3.63) is 23.5 Å². The lowest BCUT2D eigenvalue weighted by Gasteiger charge is -2.57. The van der Waals surface area contributed by atoms with Gasteiger partial charge in [0, 0.05) is 11.5 Å². The molecule has 3 fully saturated rings. The standard InChI is InChI=1S/C20H26O5/c1-18-7-5-15-13(14(18)6-8-20(18,25)17(23)24)4-3-11-9-12(21)10-16(22)19(11,15)2/h9-10,13-15,21,25H,3-8H2,1-2H3,(H,23,24). The van der Waals surface area contributed by atoms with Crippen LogP contribution in [0.4, 0.5) is 0 Å². The molecule has 0 aromatic rings. The highest BCUT2D eigenvalue weighted by atomic mass is 16.4. The Balaban J connectivity index is 1.73. The maximum absolute atomic E-state index is 12.8. The number of ketones is 1. The van der Waals surface area contributed by atoms with Gasteiger partial charge in [-0.25, -0.2) is 4.79 Å². The van der Waals surface area contributed by atoms with E-state index in [1.165, 1.54) is 6.08 Å². The Labute approximate surface area is 147 Å². The van der Waals surface area contributed by atoms with Crippen LogP contribution >= 0.6 is 0 Å². The van der Waals surface area contributed by atoms with Gasteiger partial charge in [-0.15, -0.1) is 0 Å². The van der Waals surface area contributed by atoms with Gasteiger partial charge in [0.15, 0.2) is 11.4 Å². The molecule has 6 unspecified atom stereocenters. The number of carbonyl (C=O) groups is 2. The third-order valence-electron chi connectivity index (χ3n) is 8.21. The Morgan fingerprint density at radius 1 is 1.12 bits per heavy atom. The smallest absolute Gasteiger partial charge is 0.336 e. The second kappa shape index (κ2) is 4.97. The Bertz CT molecular complexity index is 722. The number of rotatable bonds is 1. The molecule has 0 radical (unpaired) electrons. The first-order chi connectivity index (χ1) is 11.6. The van der Waals surface area contributed by atoms with Gasteiger partial charge in [-0.1, -0.05) is 12.5 Å². The van der Waals surface area contributed by atoms with E-state index >= 15 is 0 Å². The van der Waals surface area contributed by atoms with Crippen molar-refractivity contribution in [3.8, 4) is 0 Å². The van der Waals surface area contributed by atoms with Gasteiger partial charge in [0.2, 0.25) is 0 Å². The van der Waals surface area contributed by atoms with Crippen molar-refractivity contribution in [3.63, 3.8) is 0 Å². The SMILES string of the molecule is CC12C(=O)C=C(O)C=C1CCC1C2CCC2(C)C1CCC2(O)C(=O)O. The average molecular weight is 346 g/mol. The molecule has 6 atom stereocenters. The summed E-state index contributed by atoms with van der Waals surface area (Å²) in [6, 6.07) is 0. The minimum atomic E-state index is -1.66. The summed E-state index contributed by atoms with van der Waals surface area (Å²) in [6.45, 7) is 3.92. The minimum absolute atomic E-state index is 0.0349. The van der Waals surface area contributed by atoms with Crippen LogP contribution in [0.3, 0.4) is 0 Å². The van der Waals surface area contributed by atoms with Crippen LogP contribution in [0.1, 0.15) is 52.4 Å². The predicted molar refractivity (Wildman–Crippen MR) is 90.8 cm³/mol. The van der Waals surface area contributed by atoms with Gasteiger partial charge < -0.3 is 15.3 Å². The summed E-state index contributed by atoms with van der Waals surface area (Å²) in [4.78, 5) is 24.6. The zero-order valence-electron chi connectivity index (χ0n) is 14.8. The molecule has 4 aliphatic rings. The van der Waals surface area contributed by atoms with Crippen LogP contribution in [-0.4, -0.2) is 32.7 Å². The summed E-state index contributed by atoms with van der Waals surface area (Å²) in [7, 11) is 0. The topological polar surface area (TPSA) is 94.8 Å². The van der Waals surface area contributed by atoms with Gasteiger partial charge in [-0.05, 0) is 69.3 Å². The molecule has 0 aromatic heterocycles. The Morgan fingerprint density at radius 3 is 2.48 bits per heavy atom. The number of allylic oxidation sites excluding steroid dienone is 3. The zero-order chi connectivity index (χ0) is 18.2. The molecular weight excluding hydrogens is 320 g/mol. The van der Waals surface area contributed by atoms with Crippen molar-refractivity contribution in [1.29, 1.82) is 0 Å². The molecule has 0 spiro atoms. The summed E-state index contributed by atoms with van der Waals surface area (Å²) in [6.07, 6.45) is 7.07. The van der Waals surface area contributed by atoms with E-state index in [1.807, 2.05) is 13.8 Å². The van der Waals surface area contributed by atoms with E-state index in [0.717, 1.165) is 24.8 Å². The van der Waals surface area contributed by atoms with Crippen molar-refractivity contribution >= 4 is 11.8 Å². The van der Waals surface area contributed by atoms with Crippen molar-refractivity contribution in [2.45, 2.75) is 58.0 Å². The predicted octanol–water partition coefficient (Wildman–Crippen LogP) is 3.00. The van der Waals surface area contributed by atoms with E-state index in [2.05, 4.69) is 0 Å². The van der Waals surface area contributed by atoms with Crippen molar-refractivity contribution in [2.24, 2.45) is 28.6 Å². The zero-order valence-corrected chi connectivity index (χ0v) is 14.8. The highest BCUT2D eigenvalue weighted by molar-refractivity contribution is 5.99. The molecule has 3 saturated carbocycles. The van der Waals surface area contributed by atoms with Crippen molar-refractivity contribution < 1.29 is 24.9 Å². The highest BCUT2D eigenvalue weighted by Crippen LogP contribution is 2.66. The number of aliphatic carboxylic acids is 1. The lowest BCUT2D eigenvalue weighted by molar-refractivity contribution is -0.181. The summed E-state index contributed by atoms with van der Waals surface area (Å²) in [5.41, 5.74) is -1.88. The number of fused-ring (bicyclic) bond motifs is 5. The summed E-state index contributed by atoms with van der Waals surface area (Å²) in [5, 5.41) is 30.3. The van der Waals surface area contributed by atoms with Gasteiger partial charge in [0.25, 0.3) is 0 Å². The minimum Gasteiger partial charge on any atom is -0.508 e. The number of hydrogen-bond donors (Lipinski definition) is 3. The van der Waals surface area contributed by atoms with Crippen LogP contribution in [0.5, 0.6) is 0 Å². The van der Waals surface area contributed by atoms with Gasteiger partial charge in [-0.3, -0.25) is 4.79 Å². The molecular formula is C20H26O5. The first-order valence-electron chi connectivity index (χ1n) is 9.26. The third-order valence-corrected chi connectivity index (χ3v) is 8.21. The second-order valence-corrected chi connectivity index (χ2v) is 8.88. The summed E-state index contributed by atoms with van der Waals surface area (Å²) < 4.78 is 0. The maximum atomic E-state index is 12.8. The fourth-order valence-electron chi connectivity index (χ4n) is 6.66. The van der Waals surface area contributed by atoms with Crippen LogP contribution in [0.2, 0.25) is 0 Å². The summed E-state index contributed by atoms with van der Waals surface area (Å²) >= 11 is 0. The quantitative estimate of drug-likeness (QED) is 0.678. The Kier molecular flexibility index (Phi) is 3.34. The Hall–Kier alpha value is -1.62. The normalized spacial score (nSPS) is 48.8. The lowest BCUT2D eigenvalue weighted by atomic mass is 9.46. The van der Waals surface area contributed by atoms with Gasteiger partial charge >= 0.3 is 5.97 Å². The molecule has 136 valence electrons. The molecule has 4 aliphatic carbocycles. The van der Waals surface area contributed by atoms with E-state index in [-0.39, 0.29) is 29.3 Å². The van der Waals surface area contributed by atoms with Crippen LogP contribution < -0.4 is 0 Å². The second-order valence-electron chi connectivity index (χ2n) is 8.88. The third kappa shape index (κ3) is 1.88. The number of aliphatic hydroxyl groups is 2. The molecule has 0 amide bonds. The van der Waals surface area contributed by atoms with E-state index in [0.29, 0.717) is 19.3 Å². The highest BCUT2D eigenvalue weighted by Gasteiger charge is 2.67. The molecule has 4 rings (SSSR count). The molecule has 0 aliphatic heterocycles. The average Bonchev–Trinajstić information content (AvgIpc) is 2.82. The number of carboxylic acid groups (broad SMARTS) is 1. The van der Waals surface area contributed by atoms with Crippen molar-refractivity contribution in [1.82, 2.24) is 0 Å². The number of carboxylic acids is 1. The molecule has 5 heteroatoms. The van der Waals surface area contributed by atoms with Gasteiger partial charge in [0.1, 0.15) is 5.76 Å². The fraction of sp³-hybridized carbons (Fsp3) is 0.700. The van der Waals surface area contributed by atoms with Crippen LogP contribution in [-0.2, 0) is 9.59 Å². The number of aliphatic hydroxyl groups excluding tert-OH is 1. The molecule has 5 nitrogen and oxygen atoms in total. The number of carbonyl (C=O) groups excluding carboxylic acids is 1. The molecule has 3 N–H and O–H groups in total. The first-order valence-corrected chi connectivity index (χ1v) is 9.26. The lowest BCUT2D eigenvalue weighted by Crippen LogP contribution is -2.58. The fourth-order valence-corrected chi connectivity index (χ4v) is 6.66. The van der Waals surface area contributed by atoms with E-state index < -0.39 is 22.4 Å². The van der Waals surface area contributed by atoms with Crippen molar-refractivity contribution in [2.75, 3.05) is 0 Å². The largest absolute Gasteiger partial charge is 0.508 e. The molecule has 25 heavy (non-hydrogen) atoms. The van der Waals surface area contributed by atoms with Gasteiger partial charge in [0.05, 0.1) is 5.41 Å². The monoisotopic (exact) mass is 346 g/mol. The van der Waals surface area contributed by atoms with Crippen LogP contribution in [0, 0.1) is 28.6 Å². The van der Waals surface area contributed by atoms with E-state index in [9.17, 15) is 24.9 Å². The summed E-state index contributed by atoms with van der Waals surface area (Å²) in [5.74, 6) is -0.589. The molecule has 0 saturated heterocycles.